The van der Waals surface area contributed by atoms with Crippen LogP contribution < -0.4 is 5.32 Å². The van der Waals surface area contributed by atoms with Gasteiger partial charge in [-0.15, -0.1) is 0 Å². The molecule has 1 N–H and O–H groups in total. The molecule has 0 aliphatic heterocycles. The average Bonchev–Trinajstić information content (AvgIpc) is 2.31. The maximum Gasteiger partial charge on any atom is 0.257 e. The third-order valence-electron chi connectivity index (χ3n) is 1.90. The van der Waals surface area contributed by atoms with Crippen LogP contribution in [-0.2, 0) is 0 Å². The minimum atomic E-state index is -0.158. The Balaban J connectivity index is 2.12. The van der Waals surface area contributed by atoms with Crippen molar-refractivity contribution in [1.82, 2.24) is 4.98 Å². The number of rotatable bonds is 2. The molecule has 0 spiro atoms. The highest BCUT2D eigenvalue weighted by atomic mass is 16.1. The fraction of sp³-hybridized carbons (Fsp3) is 0. The van der Waals surface area contributed by atoms with E-state index in [1.54, 1.807) is 42.6 Å². The van der Waals surface area contributed by atoms with Crippen LogP contribution in [0.4, 0.5) is 5.69 Å². The lowest BCUT2D eigenvalue weighted by Crippen LogP contribution is -2.11. The number of amides is 1. The van der Waals surface area contributed by atoms with E-state index in [1.165, 1.54) is 6.20 Å². The summed E-state index contributed by atoms with van der Waals surface area (Å²) in [6.07, 6.45) is 3.17. The zero-order valence-corrected chi connectivity index (χ0v) is 7.97. The Kier molecular flexibility index (Phi) is 2.74. The van der Waals surface area contributed by atoms with Crippen molar-refractivity contribution in [3.8, 4) is 0 Å². The van der Waals surface area contributed by atoms with Crippen molar-refractivity contribution < 1.29 is 4.79 Å². The summed E-state index contributed by atoms with van der Waals surface area (Å²) >= 11 is 0. The average molecular weight is 197 g/mol. The van der Waals surface area contributed by atoms with E-state index in [0.717, 1.165) is 5.69 Å². The summed E-state index contributed by atoms with van der Waals surface area (Å²) in [7, 11) is 0. The fourth-order valence-electron chi connectivity index (χ4n) is 1.17. The molecular weight excluding hydrogens is 188 g/mol. The molecule has 0 saturated heterocycles. The summed E-state index contributed by atoms with van der Waals surface area (Å²) in [6, 6.07) is 13.4. The van der Waals surface area contributed by atoms with Gasteiger partial charge in [-0.1, -0.05) is 12.1 Å². The Bertz CT molecular complexity index is 440. The van der Waals surface area contributed by atoms with Gasteiger partial charge in [0, 0.05) is 18.1 Å². The molecule has 2 rings (SSSR count). The van der Waals surface area contributed by atoms with Gasteiger partial charge >= 0.3 is 0 Å². The van der Waals surface area contributed by atoms with Crippen LogP contribution in [0.5, 0.6) is 0 Å². The number of pyridine rings is 1. The molecule has 0 atom stereocenters. The van der Waals surface area contributed by atoms with Crippen molar-refractivity contribution in [2.45, 2.75) is 0 Å². The summed E-state index contributed by atoms with van der Waals surface area (Å²) in [6.45, 7) is 0. The Morgan fingerprint density at radius 2 is 2.07 bits per heavy atom. The molecule has 15 heavy (non-hydrogen) atoms. The monoisotopic (exact) mass is 197 g/mol. The SMILES string of the molecule is O=C(Nc1cc[c]cc1)c1cccnc1. The third kappa shape index (κ3) is 2.40. The van der Waals surface area contributed by atoms with Crippen LogP contribution in [-0.4, -0.2) is 10.9 Å². The van der Waals surface area contributed by atoms with Gasteiger partial charge in [-0.25, -0.2) is 0 Å². The minimum absolute atomic E-state index is 0.158. The number of carbonyl (C=O) groups is 1. The Labute approximate surface area is 87.8 Å². The van der Waals surface area contributed by atoms with E-state index in [1.807, 2.05) is 0 Å². The third-order valence-corrected chi connectivity index (χ3v) is 1.90. The van der Waals surface area contributed by atoms with Crippen LogP contribution in [0.25, 0.3) is 0 Å². The molecule has 1 aromatic carbocycles. The Hall–Kier alpha value is -2.16. The molecule has 2 aromatic rings. The van der Waals surface area contributed by atoms with Gasteiger partial charge in [0.15, 0.2) is 0 Å². The van der Waals surface area contributed by atoms with Crippen molar-refractivity contribution in [3.63, 3.8) is 0 Å². The first kappa shape index (κ1) is 9.40. The lowest BCUT2D eigenvalue weighted by Gasteiger charge is -2.03. The van der Waals surface area contributed by atoms with Gasteiger partial charge in [-0.05, 0) is 30.3 Å². The topological polar surface area (TPSA) is 42.0 Å². The number of anilines is 1. The molecule has 1 amide bonds. The summed E-state index contributed by atoms with van der Waals surface area (Å²) in [5, 5.41) is 2.76. The normalized spacial score (nSPS) is 9.60. The number of nitrogens with one attached hydrogen (secondary N) is 1. The van der Waals surface area contributed by atoms with E-state index >= 15 is 0 Å². The summed E-state index contributed by atoms with van der Waals surface area (Å²) in [5.41, 5.74) is 1.30. The molecule has 0 saturated carbocycles. The summed E-state index contributed by atoms with van der Waals surface area (Å²) in [5.74, 6) is -0.158. The van der Waals surface area contributed by atoms with Crippen molar-refractivity contribution >= 4 is 11.6 Å². The van der Waals surface area contributed by atoms with Crippen molar-refractivity contribution in [1.29, 1.82) is 0 Å². The smallest absolute Gasteiger partial charge is 0.257 e. The maximum absolute atomic E-state index is 11.7. The van der Waals surface area contributed by atoms with Gasteiger partial charge in [0.1, 0.15) is 0 Å². The predicted octanol–water partition coefficient (Wildman–Crippen LogP) is 2.13. The van der Waals surface area contributed by atoms with Crippen LogP contribution in [0.3, 0.4) is 0 Å². The minimum Gasteiger partial charge on any atom is -0.322 e. The highest BCUT2D eigenvalue weighted by Gasteiger charge is 2.04. The molecular formula is C12H9N2O. The predicted molar refractivity (Wildman–Crippen MR) is 57.5 cm³/mol. The first-order chi connectivity index (χ1) is 7.36. The van der Waals surface area contributed by atoms with E-state index in [0.29, 0.717) is 5.56 Å². The van der Waals surface area contributed by atoms with Crippen LogP contribution >= 0.6 is 0 Å². The standard InChI is InChI=1S/C12H9N2O/c15-12(10-5-4-8-13-9-10)14-11-6-2-1-3-7-11/h2-9H,(H,14,15). The molecule has 0 fully saturated rings. The quantitative estimate of drug-likeness (QED) is 0.801. The van der Waals surface area contributed by atoms with E-state index in [-0.39, 0.29) is 5.91 Å². The Morgan fingerprint density at radius 1 is 1.27 bits per heavy atom. The zero-order valence-electron chi connectivity index (χ0n) is 7.97. The van der Waals surface area contributed by atoms with Crippen molar-refractivity contribution in [3.05, 3.63) is 60.4 Å². The van der Waals surface area contributed by atoms with Gasteiger partial charge in [-0.3, -0.25) is 9.78 Å². The molecule has 0 aliphatic carbocycles. The summed E-state index contributed by atoms with van der Waals surface area (Å²) in [4.78, 5) is 15.5. The van der Waals surface area contributed by atoms with E-state index < -0.39 is 0 Å². The maximum atomic E-state index is 11.7. The molecule has 0 bridgehead atoms. The number of carbonyl (C=O) groups excluding carboxylic acids is 1. The molecule has 73 valence electrons. The second kappa shape index (κ2) is 4.37. The van der Waals surface area contributed by atoms with Gasteiger partial charge in [0.05, 0.1) is 5.56 Å². The lowest BCUT2D eigenvalue weighted by molar-refractivity contribution is 0.102. The summed E-state index contributed by atoms with van der Waals surface area (Å²) < 4.78 is 0. The van der Waals surface area contributed by atoms with Gasteiger partial charge in [0.2, 0.25) is 0 Å². The Morgan fingerprint density at radius 3 is 2.73 bits per heavy atom. The fourth-order valence-corrected chi connectivity index (χ4v) is 1.17. The second-order valence-electron chi connectivity index (χ2n) is 2.98. The number of aromatic nitrogens is 1. The molecule has 1 heterocycles. The highest BCUT2D eigenvalue weighted by molar-refractivity contribution is 6.03. The lowest BCUT2D eigenvalue weighted by atomic mass is 10.2. The first-order valence-corrected chi connectivity index (χ1v) is 4.54. The van der Waals surface area contributed by atoms with Crippen LogP contribution in [0, 0.1) is 6.07 Å². The molecule has 1 aromatic heterocycles. The zero-order chi connectivity index (χ0) is 10.5. The number of hydrogen-bond acceptors (Lipinski definition) is 2. The molecule has 3 heteroatoms. The van der Waals surface area contributed by atoms with Crippen LogP contribution in [0.2, 0.25) is 0 Å². The van der Waals surface area contributed by atoms with Crippen LogP contribution in [0.15, 0.2) is 48.8 Å². The van der Waals surface area contributed by atoms with Gasteiger partial charge < -0.3 is 5.32 Å². The van der Waals surface area contributed by atoms with E-state index in [2.05, 4.69) is 16.4 Å². The van der Waals surface area contributed by atoms with E-state index in [9.17, 15) is 4.79 Å². The number of nitrogens with zero attached hydrogens (tertiary/aromatic N) is 1. The molecule has 1 radical (unpaired) electrons. The molecule has 0 unspecified atom stereocenters. The number of hydrogen-bond donors (Lipinski definition) is 1. The highest BCUT2D eigenvalue weighted by Crippen LogP contribution is 2.07. The second-order valence-corrected chi connectivity index (χ2v) is 2.98. The van der Waals surface area contributed by atoms with E-state index in [4.69, 9.17) is 0 Å². The molecule has 0 aliphatic rings. The number of benzene rings is 1. The first-order valence-electron chi connectivity index (χ1n) is 4.54. The van der Waals surface area contributed by atoms with Gasteiger partial charge in [-0.2, -0.15) is 0 Å². The molecule has 3 nitrogen and oxygen atoms in total. The largest absolute Gasteiger partial charge is 0.322 e. The van der Waals surface area contributed by atoms with Gasteiger partial charge in [0.25, 0.3) is 5.91 Å². The van der Waals surface area contributed by atoms with Crippen LogP contribution in [0.1, 0.15) is 10.4 Å². The van der Waals surface area contributed by atoms with Crippen molar-refractivity contribution in [2.24, 2.45) is 0 Å². The van der Waals surface area contributed by atoms with Crippen molar-refractivity contribution in [2.75, 3.05) is 5.32 Å².